The van der Waals surface area contributed by atoms with Crippen LogP contribution < -0.4 is 5.73 Å². The summed E-state index contributed by atoms with van der Waals surface area (Å²) in [4.78, 5) is 15.6. The Morgan fingerprint density at radius 2 is 2.35 bits per heavy atom. The average Bonchev–Trinajstić information content (AvgIpc) is 2.34. The molecule has 0 aromatic rings. The van der Waals surface area contributed by atoms with Gasteiger partial charge in [0.2, 0.25) is 5.91 Å². The van der Waals surface area contributed by atoms with E-state index in [1.165, 1.54) is 19.4 Å². The molecule has 5 heteroatoms. The second-order valence-electron chi connectivity index (χ2n) is 5.11. The maximum atomic E-state index is 11.6. The Morgan fingerprint density at radius 3 is 2.94 bits per heavy atom. The fourth-order valence-corrected chi connectivity index (χ4v) is 2.36. The van der Waals surface area contributed by atoms with E-state index in [0.29, 0.717) is 5.92 Å². The number of hydrogen-bond donors (Lipinski definition) is 2. The lowest BCUT2D eigenvalue weighted by atomic mass is 9.95. The lowest BCUT2D eigenvalue weighted by Gasteiger charge is -2.31. The van der Waals surface area contributed by atoms with Gasteiger partial charge in [0.1, 0.15) is 6.04 Å². The van der Waals surface area contributed by atoms with Crippen molar-refractivity contribution >= 4 is 5.91 Å². The van der Waals surface area contributed by atoms with Crippen molar-refractivity contribution in [3.63, 3.8) is 0 Å². The quantitative estimate of drug-likeness (QED) is 0.683. The molecular weight excluding hydrogens is 218 g/mol. The van der Waals surface area contributed by atoms with Crippen LogP contribution in [-0.2, 0) is 4.79 Å². The molecule has 2 atom stereocenters. The molecule has 0 aromatic heterocycles. The van der Waals surface area contributed by atoms with Gasteiger partial charge >= 0.3 is 0 Å². The summed E-state index contributed by atoms with van der Waals surface area (Å²) in [5.74, 6) is 0.506. The topological polar surface area (TPSA) is 69.8 Å². The molecule has 1 aliphatic rings. The van der Waals surface area contributed by atoms with Crippen LogP contribution >= 0.6 is 0 Å². The first kappa shape index (κ1) is 14.4. The lowest BCUT2D eigenvalue weighted by molar-refractivity contribution is -0.132. The monoisotopic (exact) mass is 243 g/mol. The van der Waals surface area contributed by atoms with Crippen LogP contribution in [0.1, 0.15) is 19.3 Å². The van der Waals surface area contributed by atoms with Crippen LogP contribution in [0.2, 0.25) is 0 Å². The first-order chi connectivity index (χ1) is 8.04. The van der Waals surface area contributed by atoms with E-state index in [1.807, 2.05) is 0 Å². The van der Waals surface area contributed by atoms with E-state index < -0.39 is 6.04 Å². The molecule has 0 aromatic carbocycles. The number of likely N-dealkylation sites (tertiary alicyclic amines) is 1. The number of hydrogen-bond acceptors (Lipinski definition) is 4. The van der Waals surface area contributed by atoms with E-state index in [2.05, 4.69) is 11.9 Å². The van der Waals surface area contributed by atoms with E-state index in [0.717, 1.165) is 19.5 Å². The molecule has 5 nitrogen and oxygen atoms in total. The highest BCUT2D eigenvalue weighted by molar-refractivity contribution is 5.81. The summed E-state index contributed by atoms with van der Waals surface area (Å²) in [6, 6.07) is -0.769. The van der Waals surface area contributed by atoms with Crippen LogP contribution in [0.3, 0.4) is 0 Å². The highest BCUT2D eigenvalue weighted by Gasteiger charge is 2.20. The number of aliphatic hydroxyl groups excluding tert-OH is 1. The maximum Gasteiger partial charge on any atom is 0.241 e. The maximum absolute atomic E-state index is 11.6. The predicted octanol–water partition coefficient (Wildman–Crippen LogP) is -0.504. The van der Waals surface area contributed by atoms with Gasteiger partial charge in [0, 0.05) is 20.1 Å². The third-order valence-corrected chi connectivity index (χ3v) is 3.48. The standard InChI is InChI=1S/C12H25N3O2/c1-14-6-3-4-10(8-14)5-7-15(2)12(17)11(13)9-16/h10-11,16H,3-9,13H2,1-2H3. The second kappa shape index (κ2) is 6.93. The van der Waals surface area contributed by atoms with Crippen molar-refractivity contribution in [2.24, 2.45) is 11.7 Å². The molecule has 3 N–H and O–H groups in total. The molecule has 1 saturated heterocycles. The summed E-state index contributed by atoms with van der Waals surface area (Å²) < 4.78 is 0. The van der Waals surface area contributed by atoms with Crippen molar-refractivity contribution in [1.29, 1.82) is 0 Å². The molecular formula is C12H25N3O2. The van der Waals surface area contributed by atoms with Gasteiger partial charge < -0.3 is 20.6 Å². The summed E-state index contributed by atoms with van der Waals surface area (Å²) in [6.07, 6.45) is 3.51. The molecule has 0 saturated carbocycles. The SMILES string of the molecule is CN1CCCC(CCN(C)C(=O)C(N)CO)C1. The number of likely N-dealkylation sites (N-methyl/N-ethyl adjacent to an activating group) is 1. The largest absolute Gasteiger partial charge is 0.394 e. The highest BCUT2D eigenvalue weighted by atomic mass is 16.3. The van der Waals surface area contributed by atoms with Gasteiger partial charge in [-0.25, -0.2) is 0 Å². The summed E-state index contributed by atoms with van der Waals surface area (Å²) in [6.45, 7) is 2.75. The molecule has 1 fully saturated rings. The molecule has 0 radical (unpaired) electrons. The number of carbonyl (C=O) groups excluding carboxylic acids is 1. The van der Waals surface area contributed by atoms with Crippen molar-refractivity contribution in [2.75, 3.05) is 40.3 Å². The molecule has 17 heavy (non-hydrogen) atoms. The first-order valence-corrected chi connectivity index (χ1v) is 6.34. The van der Waals surface area contributed by atoms with Crippen molar-refractivity contribution < 1.29 is 9.90 Å². The van der Waals surface area contributed by atoms with E-state index in [1.54, 1.807) is 11.9 Å². The zero-order valence-corrected chi connectivity index (χ0v) is 10.9. The number of nitrogens with two attached hydrogens (primary N) is 1. The molecule has 1 amide bonds. The second-order valence-corrected chi connectivity index (χ2v) is 5.11. The van der Waals surface area contributed by atoms with Gasteiger partial charge in [0.15, 0.2) is 0 Å². The van der Waals surface area contributed by atoms with Gasteiger partial charge in [0.05, 0.1) is 6.61 Å². The van der Waals surface area contributed by atoms with Crippen LogP contribution in [0.5, 0.6) is 0 Å². The zero-order valence-electron chi connectivity index (χ0n) is 10.9. The van der Waals surface area contributed by atoms with Crippen LogP contribution in [0.15, 0.2) is 0 Å². The van der Waals surface area contributed by atoms with Gasteiger partial charge in [0.25, 0.3) is 0 Å². The van der Waals surface area contributed by atoms with Gasteiger partial charge in [-0.15, -0.1) is 0 Å². The number of nitrogens with zero attached hydrogens (tertiary/aromatic N) is 2. The first-order valence-electron chi connectivity index (χ1n) is 6.34. The van der Waals surface area contributed by atoms with Crippen LogP contribution in [0, 0.1) is 5.92 Å². The highest BCUT2D eigenvalue weighted by Crippen LogP contribution is 2.18. The number of piperidine rings is 1. The minimum atomic E-state index is -0.769. The lowest BCUT2D eigenvalue weighted by Crippen LogP contribution is -2.45. The normalized spacial score (nSPS) is 23.4. The predicted molar refractivity (Wildman–Crippen MR) is 67.5 cm³/mol. The smallest absolute Gasteiger partial charge is 0.241 e. The van der Waals surface area contributed by atoms with E-state index >= 15 is 0 Å². The van der Waals surface area contributed by atoms with E-state index in [4.69, 9.17) is 10.8 Å². The molecule has 0 aliphatic carbocycles. The van der Waals surface area contributed by atoms with Gasteiger partial charge in [-0.2, -0.15) is 0 Å². The summed E-state index contributed by atoms with van der Waals surface area (Å²) in [7, 11) is 3.90. The van der Waals surface area contributed by atoms with Gasteiger partial charge in [-0.05, 0) is 38.8 Å². The Balaban J connectivity index is 2.27. The van der Waals surface area contributed by atoms with Crippen molar-refractivity contribution in [3.8, 4) is 0 Å². The Labute approximate surface area is 104 Å². The molecule has 1 aliphatic heterocycles. The Hall–Kier alpha value is -0.650. The van der Waals surface area contributed by atoms with Crippen LogP contribution in [-0.4, -0.2) is 67.2 Å². The zero-order chi connectivity index (χ0) is 12.8. The molecule has 0 bridgehead atoms. The molecule has 1 heterocycles. The third kappa shape index (κ3) is 4.61. The molecule has 100 valence electrons. The minimum Gasteiger partial charge on any atom is -0.394 e. The number of rotatable bonds is 5. The van der Waals surface area contributed by atoms with Gasteiger partial charge in [-0.1, -0.05) is 0 Å². The summed E-state index contributed by atoms with van der Waals surface area (Å²) >= 11 is 0. The number of amides is 1. The van der Waals surface area contributed by atoms with Crippen molar-refractivity contribution in [2.45, 2.75) is 25.3 Å². The van der Waals surface area contributed by atoms with E-state index in [-0.39, 0.29) is 12.5 Å². The molecule has 0 spiro atoms. The van der Waals surface area contributed by atoms with E-state index in [9.17, 15) is 4.79 Å². The number of carbonyl (C=O) groups is 1. The fourth-order valence-electron chi connectivity index (χ4n) is 2.36. The van der Waals surface area contributed by atoms with Crippen molar-refractivity contribution in [1.82, 2.24) is 9.80 Å². The van der Waals surface area contributed by atoms with Crippen LogP contribution in [0.4, 0.5) is 0 Å². The van der Waals surface area contributed by atoms with Crippen molar-refractivity contribution in [3.05, 3.63) is 0 Å². The van der Waals surface area contributed by atoms with Gasteiger partial charge in [-0.3, -0.25) is 4.79 Å². The Morgan fingerprint density at radius 1 is 1.65 bits per heavy atom. The van der Waals surface area contributed by atoms with Crippen LogP contribution in [0.25, 0.3) is 0 Å². The third-order valence-electron chi connectivity index (χ3n) is 3.48. The Kier molecular flexibility index (Phi) is 5.88. The molecule has 2 unspecified atom stereocenters. The average molecular weight is 243 g/mol. The minimum absolute atomic E-state index is 0.170. The fraction of sp³-hybridized carbons (Fsp3) is 0.917. The Bertz CT molecular complexity index is 248. The summed E-state index contributed by atoms with van der Waals surface area (Å²) in [5.41, 5.74) is 5.50. The summed E-state index contributed by atoms with van der Waals surface area (Å²) in [5, 5.41) is 8.83. The molecule has 1 rings (SSSR count). The number of aliphatic hydroxyl groups is 1.